The number of aliphatic hydroxyl groups is 1. The molecule has 7 heteroatoms. The van der Waals surface area contributed by atoms with Gasteiger partial charge in [-0.05, 0) is 20.8 Å². The van der Waals surface area contributed by atoms with Crippen LogP contribution in [0, 0.1) is 0 Å². The van der Waals surface area contributed by atoms with Crippen molar-refractivity contribution in [1.82, 2.24) is 4.90 Å². The van der Waals surface area contributed by atoms with Gasteiger partial charge in [0.1, 0.15) is 11.8 Å². The number of nitrogens with zero attached hydrogens (tertiary/aromatic N) is 1. The molecule has 1 unspecified atom stereocenters. The Balaban J connectivity index is 2.73. The number of hydrogen-bond donors (Lipinski definition) is 1. The van der Waals surface area contributed by atoms with Crippen molar-refractivity contribution in [1.29, 1.82) is 0 Å². The topological polar surface area (TPSA) is 76.1 Å². The summed E-state index contributed by atoms with van der Waals surface area (Å²) in [4.78, 5) is 24.3. The normalized spacial score (nSPS) is 24.4. The smallest absolute Gasteiger partial charge is 0.410 e. The highest BCUT2D eigenvalue weighted by atomic mass is 19.1. The molecular weight excluding hydrogens is 269 g/mol. The van der Waals surface area contributed by atoms with E-state index >= 15 is 0 Å². The third-order valence-corrected chi connectivity index (χ3v) is 2.97. The maximum Gasteiger partial charge on any atom is 0.410 e. The number of alkyl halides is 1. The Bertz CT molecular complexity index is 368. The fraction of sp³-hybridized carbons (Fsp3) is 0.846. The van der Waals surface area contributed by atoms with Crippen molar-refractivity contribution in [3.8, 4) is 0 Å². The van der Waals surface area contributed by atoms with Crippen molar-refractivity contribution >= 4 is 12.1 Å². The Morgan fingerprint density at radius 2 is 2.05 bits per heavy atom. The molecule has 1 fully saturated rings. The molecule has 0 bridgehead atoms. The number of amides is 1. The minimum absolute atomic E-state index is 0.0165. The molecule has 1 rings (SSSR count). The zero-order valence-corrected chi connectivity index (χ0v) is 12.3. The van der Waals surface area contributed by atoms with Gasteiger partial charge in [-0.3, -0.25) is 9.69 Å². The van der Waals surface area contributed by atoms with Crippen molar-refractivity contribution in [2.24, 2.45) is 0 Å². The van der Waals surface area contributed by atoms with E-state index in [1.54, 1.807) is 20.8 Å². The lowest BCUT2D eigenvalue weighted by Crippen LogP contribution is -2.45. The molecule has 1 saturated heterocycles. The van der Waals surface area contributed by atoms with Crippen LogP contribution in [0.5, 0.6) is 0 Å². The van der Waals surface area contributed by atoms with Crippen LogP contribution in [0.2, 0.25) is 0 Å². The van der Waals surface area contributed by atoms with Crippen molar-refractivity contribution in [2.45, 2.75) is 57.5 Å². The van der Waals surface area contributed by atoms with E-state index in [4.69, 9.17) is 4.74 Å². The van der Waals surface area contributed by atoms with E-state index in [0.29, 0.717) is 0 Å². The summed E-state index contributed by atoms with van der Waals surface area (Å²) < 4.78 is 23.2. The largest absolute Gasteiger partial charge is 0.469 e. The molecule has 0 saturated carbocycles. The molecule has 1 aliphatic rings. The van der Waals surface area contributed by atoms with Crippen LogP contribution in [-0.2, 0) is 14.3 Å². The Kier molecular flexibility index (Phi) is 5.33. The SMILES string of the molecule is COC(=O)C[C@@H](O)C1C[C@H](F)CN1C(=O)OC(C)(C)C. The summed E-state index contributed by atoms with van der Waals surface area (Å²) in [6.45, 7) is 4.97. The van der Waals surface area contributed by atoms with Crippen LogP contribution < -0.4 is 0 Å². The quantitative estimate of drug-likeness (QED) is 0.792. The van der Waals surface area contributed by atoms with Gasteiger partial charge >= 0.3 is 12.1 Å². The van der Waals surface area contributed by atoms with Crippen LogP contribution in [0.4, 0.5) is 9.18 Å². The van der Waals surface area contributed by atoms with Crippen molar-refractivity contribution in [3.05, 3.63) is 0 Å². The summed E-state index contributed by atoms with van der Waals surface area (Å²) in [5.41, 5.74) is -0.705. The highest BCUT2D eigenvalue weighted by molar-refractivity contribution is 5.71. The summed E-state index contributed by atoms with van der Waals surface area (Å²) in [6.07, 6.45) is -3.40. The number of rotatable bonds is 3. The average molecular weight is 291 g/mol. The molecule has 3 atom stereocenters. The lowest BCUT2D eigenvalue weighted by molar-refractivity contribution is -0.143. The van der Waals surface area contributed by atoms with Crippen molar-refractivity contribution < 1.29 is 28.6 Å². The van der Waals surface area contributed by atoms with Gasteiger partial charge in [0.2, 0.25) is 0 Å². The van der Waals surface area contributed by atoms with E-state index in [2.05, 4.69) is 4.74 Å². The third kappa shape index (κ3) is 4.63. The summed E-state index contributed by atoms with van der Waals surface area (Å²) in [6, 6.07) is -0.779. The molecule has 116 valence electrons. The third-order valence-electron chi connectivity index (χ3n) is 2.97. The Labute approximate surface area is 117 Å². The number of halogens is 1. The molecule has 0 aromatic heterocycles. The number of aliphatic hydroxyl groups excluding tert-OH is 1. The minimum Gasteiger partial charge on any atom is -0.469 e. The fourth-order valence-corrected chi connectivity index (χ4v) is 2.10. The van der Waals surface area contributed by atoms with Gasteiger partial charge in [-0.25, -0.2) is 9.18 Å². The number of carbonyl (C=O) groups is 2. The van der Waals surface area contributed by atoms with Crippen LogP contribution in [0.25, 0.3) is 0 Å². The van der Waals surface area contributed by atoms with Gasteiger partial charge in [0.05, 0.1) is 32.2 Å². The first-order valence-corrected chi connectivity index (χ1v) is 6.52. The molecule has 0 aromatic rings. The molecule has 20 heavy (non-hydrogen) atoms. The number of likely N-dealkylation sites (tertiary alicyclic amines) is 1. The van der Waals surface area contributed by atoms with E-state index in [0.717, 1.165) is 4.90 Å². The van der Waals surface area contributed by atoms with Gasteiger partial charge in [-0.1, -0.05) is 0 Å². The zero-order valence-electron chi connectivity index (χ0n) is 12.3. The molecule has 0 spiro atoms. The first kappa shape index (κ1) is 16.7. The molecular formula is C13H22FNO5. The van der Waals surface area contributed by atoms with E-state index in [-0.39, 0.29) is 19.4 Å². The predicted octanol–water partition coefficient (Wildman–Crippen LogP) is 1.26. The van der Waals surface area contributed by atoms with Crippen LogP contribution >= 0.6 is 0 Å². The maximum atomic E-state index is 13.5. The van der Waals surface area contributed by atoms with Crippen molar-refractivity contribution in [3.63, 3.8) is 0 Å². The summed E-state index contributed by atoms with van der Waals surface area (Å²) in [5.74, 6) is -0.607. The van der Waals surface area contributed by atoms with Gasteiger partial charge in [0, 0.05) is 6.42 Å². The van der Waals surface area contributed by atoms with Crippen LogP contribution in [-0.4, -0.2) is 59.6 Å². The lowest BCUT2D eigenvalue weighted by Gasteiger charge is -2.30. The minimum atomic E-state index is -1.24. The van der Waals surface area contributed by atoms with Gasteiger partial charge in [-0.2, -0.15) is 0 Å². The van der Waals surface area contributed by atoms with E-state index in [1.807, 2.05) is 0 Å². The second kappa shape index (κ2) is 6.39. The monoisotopic (exact) mass is 291 g/mol. The molecule has 1 heterocycles. The molecule has 1 amide bonds. The summed E-state index contributed by atoms with van der Waals surface area (Å²) >= 11 is 0. The van der Waals surface area contributed by atoms with Crippen LogP contribution in [0.1, 0.15) is 33.6 Å². The van der Waals surface area contributed by atoms with Crippen molar-refractivity contribution in [2.75, 3.05) is 13.7 Å². The highest BCUT2D eigenvalue weighted by Gasteiger charge is 2.41. The van der Waals surface area contributed by atoms with E-state index < -0.39 is 36.0 Å². The fourth-order valence-electron chi connectivity index (χ4n) is 2.10. The zero-order chi connectivity index (χ0) is 15.5. The number of hydrogen-bond acceptors (Lipinski definition) is 5. The Morgan fingerprint density at radius 3 is 2.55 bits per heavy atom. The maximum absolute atomic E-state index is 13.5. The molecule has 6 nitrogen and oxygen atoms in total. The van der Waals surface area contributed by atoms with Gasteiger partial charge in [-0.15, -0.1) is 0 Å². The average Bonchev–Trinajstić information content (AvgIpc) is 2.69. The summed E-state index contributed by atoms with van der Waals surface area (Å²) in [7, 11) is 1.20. The predicted molar refractivity (Wildman–Crippen MR) is 68.9 cm³/mol. The van der Waals surface area contributed by atoms with E-state index in [1.165, 1.54) is 7.11 Å². The number of carbonyl (C=O) groups excluding carboxylic acids is 2. The summed E-state index contributed by atoms with van der Waals surface area (Å²) in [5, 5.41) is 9.97. The Hall–Kier alpha value is -1.37. The van der Waals surface area contributed by atoms with E-state index in [9.17, 15) is 19.1 Å². The van der Waals surface area contributed by atoms with Crippen LogP contribution in [0.3, 0.4) is 0 Å². The molecule has 0 aromatic carbocycles. The first-order valence-electron chi connectivity index (χ1n) is 6.52. The Morgan fingerprint density at radius 1 is 1.45 bits per heavy atom. The molecule has 1 aliphatic heterocycles. The van der Waals surface area contributed by atoms with Gasteiger partial charge < -0.3 is 14.6 Å². The second-order valence-corrected chi connectivity index (χ2v) is 5.88. The lowest BCUT2D eigenvalue weighted by atomic mass is 10.1. The molecule has 0 radical (unpaired) electrons. The number of ether oxygens (including phenoxy) is 2. The molecule has 0 aliphatic carbocycles. The number of methoxy groups -OCH3 is 1. The standard InChI is InChI=1S/C13H22FNO5/c1-13(2,3)20-12(18)15-7-8(14)5-9(15)10(16)6-11(17)19-4/h8-10,16H,5-7H2,1-4H3/t8-,9?,10+/m0/s1. The first-order chi connectivity index (χ1) is 9.14. The molecule has 1 N–H and O–H groups in total. The van der Waals surface area contributed by atoms with Gasteiger partial charge in [0.25, 0.3) is 0 Å². The highest BCUT2D eigenvalue weighted by Crippen LogP contribution is 2.26. The number of esters is 1. The second-order valence-electron chi connectivity index (χ2n) is 5.88. The van der Waals surface area contributed by atoms with Crippen LogP contribution in [0.15, 0.2) is 0 Å². The van der Waals surface area contributed by atoms with Gasteiger partial charge in [0.15, 0.2) is 0 Å².